The largest absolute Gasteiger partial charge is 0.508 e. The van der Waals surface area contributed by atoms with Crippen molar-refractivity contribution in [3.8, 4) is 5.75 Å². The van der Waals surface area contributed by atoms with Crippen LogP contribution in [0.5, 0.6) is 5.75 Å². The molecule has 74 valence electrons. The molecule has 0 atom stereocenters. The second kappa shape index (κ2) is 5.12. The summed E-state index contributed by atoms with van der Waals surface area (Å²) in [6.45, 7) is 8.03. The third-order valence-corrected chi connectivity index (χ3v) is 1.89. The summed E-state index contributed by atoms with van der Waals surface area (Å²) in [4.78, 5) is 0. The first-order valence-corrected chi connectivity index (χ1v) is 4.55. The average Bonchev–Trinajstić information content (AvgIpc) is 2.17. The zero-order chi connectivity index (χ0) is 10.4. The fraction of sp³-hybridized carbons (Fsp3) is 0.167. The minimum atomic E-state index is 0.283. The summed E-state index contributed by atoms with van der Waals surface area (Å²) in [6, 6.07) is 5.27. The molecule has 0 saturated heterocycles. The Morgan fingerprint density at radius 2 is 2.07 bits per heavy atom. The topological polar surface area (TPSA) is 32.3 Å². The highest BCUT2D eigenvalue weighted by molar-refractivity contribution is 5.55. The molecule has 0 aliphatic heterocycles. The standard InChI is InChI=1S/C12H15NO/c1-3-5-10-9-11(14)6-7-12(10)13-8-4-2/h3-4,6-7,9,13-14H,1-2,5,8H2. The Bertz CT molecular complexity index is 331. The molecule has 1 aromatic rings. The minimum absolute atomic E-state index is 0.283. The van der Waals surface area contributed by atoms with Crippen LogP contribution < -0.4 is 5.32 Å². The molecule has 2 N–H and O–H groups in total. The third-order valence-electron chi connectivity index (χ3n) is 1.89. The van der Waals surface area contributed by atoms with Gasteiger partial charge in [0.25, 0.3) is 0 Å². The zero-order valence-corrected chi connectivity index (χ0v) is 8.16. The number of nitrogens with one attached hydrogen (secondary N) is 1. The lowest BCUT2D eigenvalue weighted by Gasteiger charge is -2.09. The number of phenolic OH excluding ortho intramolecular Hbond substituents is 1. The van der Waals surface area contributed by atoms with Crippen LogP contribution >= 0.6 is 0 Å². The van der Waals surface area contributed by atoms with Crippen LogP contribution in [-0.4, -0.2) is 11.7 Å². The summed E-state index contributed by atoms with van der Waals surface area (Å²) in [5, 5.41) is 12.5. The number of allylic oxidation sites excluding steroid dienone is 1. The van der Waals surface area contributed by atoms with Crippen LogP contribution in [0, 0.1) is 0 Å². The molecule has 14 heavy (non-hydrogen) atoms. The van der Waals surface area contributed by atoms with Crippen LogP contribution in [0.3, 0.4) is 0 Å². The van der Waals surface area contributed by atoms with Crippen LogP contribution in [0.4, 0.5) is 5.69 Å². The maximum atomic E-state index is 9.31. The minimum Gasteiger partial charge on any atom is -0.508 e. The summed E-state index contributed by atoms with van der Waals surface area (Å²) >= 11 is 0. The molecule has 0 aliphatic rings. The fourth-order valence-corrected chi connectivity index (χ4v) is 1.26. The van der Waals surface area contributed by atoms with Gasteiger partial charge in [-0.1, -0.05) is 12.2 Å². The van der Waals surface area contributed by atoms with E-state index < -0.39 is 0 Å². The summed E-state index contributed by atoms with van der Waals surface area (Å²) in [7, 11) is 0. The Morgan fingerprint density at radius 3 is 2.71 bits per heavy atom. The summed E-state index contributed by atoms with van der Waals surface area (Å²) in [5.41, 5.74) is 2.06. The van der Waals surface area contributed by atoms with Gasteiger partial charge in [0.2, 0.25) is 0 Å². The van der Waals surface area contributed by atoms with Crippen molar-refractivity contribution in [1.82, 2.24) is 0 Å². The first kappa shape index (κ1) is 10.4. The van der Waals surface area contributed by atoms with Crippen LogP contribution in [0.1, 0.15) is 5.56 Å². The predicted octanol–water partition coefficient (Wildman–Crippen LogP) is 2.72. The van der Waals surface area contributed by atoms with Gasteiger partial charge in [-0.15, -0.1) is 13.2 Å². The van der Waals surface area contributed by atoms with Gasteiger partial charge < -0.3 is 10.4 Å². The number of rotatable bonds is 5. The quantitative estimate of drug-likeness (QED) is 0.551. The second-order valence-electron chi connectivity index (χ2n) is 3.00. The molecule has 0 unspecified atom stereocenters. The highest BCUT2D eigenvalue weighted by Gasteiger charge is 2.00. The molecule has 0 amide bonds. The van der Waals surface area contributed by atoms with Crippen molar-refractivity contribution < 1.29 is 5.11 Å². The van der Waals surface area contributed by atoms with Gasteiger partial charge in [0.05, 0.1) is 0 Å². The highest BCUT2D eigenvalue weighted by Crippen LogP contribution is 2.21. The van der Waals surface area contributed by atoms with E-state index in [1.54, 1.807) is 18.2 Å². The van der Waals surface area contributed by atoms with Gasteiger partial charge in [-0.25, -0.2) is 0 Å². The third kappa shape index (κ3) is 2.66. The van der Waals surface area contributed by atoms with Crippen LogP contribution in [0.25, 0.3) is 0 Å². The van der Waals surface area contributed by atoms with E-state index in [9.17, 15) is 5.11 Å². The van der Waals surface area contributed by atoms with Crippen LogP contribution in [0.15, 0.2) is 43.5 Å². The van der Waals surface area contributed by atoms with Crippen molar-refractivity contribution in [3.05, 3.63) is 49.1 Å². The van der Waals surface area contributed by atoms with Crippen molar-refractivity contribution in [2.24, 2.45) is 0 Å². The number of hydrogen-bond donors (Lipinski definition) is 2. The number of anilines is 1. The molecule has 0 heterocycles. The average molecular weight is 189 g/mol. The van der Waals surface area contributed by atoms with Gasteiger partial charge in [0.15, 0.2) is 0 Å². The number of hydrogen-bond acceptors (Lipinski definition) is 2. The van der Waals surface area contributed by atoms with E-state index in [1.165, 1.54) is 0 Å². The van der Waals surface area contributed by atoms with Crippen molar-refractivity contribution in [2.75, 3.05) is 11.9 Å². The second-order valence-corrected chi connectivity index (χ2v) is 3.00. The number of phenols is 1. The molecule has 1 aromatic carbocycles. The van der Waals surface area contributed by atoms with Crippen molar-refractivity contribution in [2.45, 2.75) is 6.42 Å². The summed E-state index contributed by atoms with van der Waals surface area (Å²) in [5.74, 6) is 0.283. The van der Waals surface area contributed by atoms with Gasteiger partial charge in [0, 0.05) is 12.2 Å². The first-order chi connectivity index (χ1) is 6.77. The van der Waals surface area contributed by atoms with E-state index in [0.29, 0.717) is 0 Å². The van der Waals surface area contributed by atoms with Crippen molar-refractivity contribution in [1.29, 1.82) is 0 Å². The van der Waals surface area contributed by atoms with E-state index in [1.807, 2.05) is 12.1 Å². The summed E-state index contributed by atoms with van der Waals surface area (Å²) < 4.78 is 0. The number of benzene rings is 1. The van der Waals surface area contributed by atoms with E-state index >= 15 is 0 Å². The Kier molecular flexibility index (Phi) is 3.80. The normalized spacial score (nSPS) is 9.43. The molecule has 0 spiro atoms. The summed E-state index contributed by atoms with van der Waals surface area (Å²) in [6.07, 6.45) is 4.35. The molecule has 0 fully saturated rings. The zero-order valence-electron chi connectivity index (χ0n) is 8.16. The molecular weight excluding hydrogens is 174 g/mol. The van der Waals surface area contributed by atoms with E-state index in [4.69, 9.17) is 0 Å². The van der Waals surface area contributed by atoms with Gasteiger partial charge in [-0.2, -0.15) is 0 Å². The lowest BCUT2D eigenvalue weighted by atomic mass is 10.1. The number of aromatic hydroxyl groups is 1. The van der Waals surface area contributed by atoms with Crippen molar-refractivity contribution >= 4 is 5.69 Å². The molecule has 2 heteroatoms. The SMILES string of the molecule is C=CCNc1ccc(O)cc1CC=C. The maximum Gasteiger partial charge on any atom is 0.116 e. The Labute approximate surface area is 84.6 Å². The molecule has 0 aromatic heterocycles. The smallest absolute Gasteiger partial charge is 0.116 e. The molecule has 1 rings (SSSR count). The van der Waals surface area contributed by atoms with E-state index in [-0.39, 0.29) is 5.75 Å². The van der Waals surface area contributed by atoms with E-state index in [2.05, 4.69) is 18.5 Å². The van der Waals surface area contributed by atoms with Crippen LogP contribution in [-0.2, 0) is 6.42 Å². The molecule has 0 bridgehead atoms. The van der Waals surface area contributed by atoms with Crippen LogP contribution in [0.2, 0.25) is 0 Å². The molecule has 0 aliphatic carbocycles. The van der Waals surface area contributed by atoms with Crippen molar-refractivity contribution in [3.63, 3.8) is 0 Å². The van der Waals surface area contributed by atoms with Gasteiger partial charge in [-0.05, 0) is 30.2 Å². The van der Waals surface area contributed by atoms with E-state index in [0.717, 1.165) is 24.2 Å². The van der Waals surface area contributed by atoms with Gasteiger partial charge in [-0.3, -0.25) is 0 Å². The first-order valence-electron chi connectivity index (χ1n) is 4.55. The van der Waals surface area contributed by atoms with Gasteiger partial charge >= 0.3 is 0 Å². The lowest BCUT2D eigenvalue weighted by molar-refractivity contribution is 0.475. The molecule has 0 radical (unpaired) electrons. The van der Waals surface area contributed by atoms with Gasteiger partial charge in [0.1, 0.15) is 5.75 Å². The Morgan fingerprint density at radius 1 is 1.29 bits per heavy atom. The molecule has 0 saturated carbocycles. The maximum absolute atomic E-state index is 9.31. The molecule has 2 nitrogen and oxygen atoms in total. The monoisotopic (exact) mass is 189 g/mol. The Balaban J connectivity index is 2.88. The predicted molar refractivity (Wildman–Crippen MR) is 60.7 cm³/mol. The fourth-order valence-electron chi connectivity index (χ4n) is 1.26. The Hall–Kier alpha value is -1.70. The molecular formula is C12H15NO. The lowest BCUT2D eigenvalue weighted by Crippen LogP contribution is -2.00. The highest BCUT2D eigenvalue weighted by atomic mass is 16.3.